The SMILES string of the molecule is O=C1C[C@H]2CCC(Br)=CN12. The lowest BCUT2D eigenvalue weighted by Crippen LogP contribution is -2.50. The van der Waals surface area contributed by atoms with E-state index in [9.17, 15) is 4.79 Å². The monoisotopic (exact) mass is 201 g/mol. The number of halogens is 1. The topological polar surface area (TPSA) is 20.3 Å². The molecule has 2 aliphatic heterocycles. The van der Waals surface area contributed by atoms with E-state index in [0.29, 0.717) is 6.04 Å². The molecule has 1 fully saturated rings. The molecule has 10 heavy (non-hydrogen) atoms. The quantitative estimate of drug-likeness (QED) is 0.546. The molecule has 0 N–H and O–H groups in total. The van der Waals surface area contributed by atoms with Crippen molar-refractivity contribution in [3.63, 3.8) is 0 Å². The van der Waals surface area contributed by atoms with Gasteiger partial charge < -0.3 is 4.90 Å². The number of hydrogen-bond donors (Lipinski definition) is 0. The molecule has 0 radical (unpaired) electrons. The van der Waals surface area contributed by atoms with Crippen LogP contribution in [0.25, 0.3) is 0 Å². The van der Waals surface area contributed by atoms with E-state index in [1.807, 2.05) is 11.1 Å². The van der Waals surface area contributed by atoms with E-state index in [4.69, 9.17) is 0 Å². The minimum absolute atomic E-state index is 0.265. The fraction of sp³-hybridized carbons (Fsp3) is 0.571. The van der Waals surface area contributed by atoms with Gasteiger partial charge in [0.25, 0.3) is 0 Å². The molecule has 54 valence electrons. The second-order valence-electron chi connectivity index (χ2n) is 2.77. The zero-order valence-electron chi connectivity index (χ0n) is 5.51. The molecule has 0 aromatic carbocycles. The van der Waals surface area contributed by atoms with Crippen molar-refractivity contribution < 1.29 is 4.79 Å². The van der Waals surface area contributed by atoms with Crippen LogP contribution in [0.5, 0.6) is 0 Å². The number of hydrogen-bond acceptors (Lipinski definition) is 1. The fourth-order valence-corrected chi connectivity index (χ4v) is 1.88. The van der Waals surface area contributed by atoms with Gasteiger partial charge >= 0.3 is 0 Å². The van der Waals surface area contributed by atoms with E-state index < -0.39 is 0 Å². The van der Waals surface area contributed by atoms with Crippen LogP contribution in [0.15, 0.2) is 10.7 Å². The van der Waals surface area contributed by atoms with Crippen LogP contribution in [-0.4, -0.2) is 16.8 Å². The van der Waals surface area contributed by atoms with Gasteiger partial charge in [0.05, 0.1) is 0 Å². The van der Waals surface area contributed by atoms with Crippen LogP contribution >= 0.6 is 15.9 Å². The summed E-state index contributed by atoms with van der Waals surface area (Å²) < 4.78 is 1.15. The molecule has 3 heteroatoms. The number of β-lactam (4-membered cyclic amide) rings is 1. The summed E-state index contributed by atoms with van der Waals surface area (Å²) in [5.41, 5.74) is 0. The van der Waals surface area contributed by atoms with Gasteiger partial charge in [-0.2, -0.15) is 0 Å². The lowest BCUT2D eigenvalue weighted by Gasteiger charge is -2.40. The minimum Gasteiger partial charge on any atom is -0.315 e. The van der Waals surface area contributed by atoms with Gasteiger partial charge in [-0.05, 0) is 12.8 Å². The molecule has 0 aromatic rings. The summed E-state index contributed by atoms with van der Waals surface area (Å²) in [4.78, 5) is 12.7. The van der Waals surface area contributed by atoms with Crippen LogP contribution in [0.3, 0.4) is 0 Å². The Morgan fingerprint density at radius 1 is 1.70 bits per heavy atom. The summed E-state index contributed by atoms with van der Waals surface area (Å²) in [7, 11) is 0. The molecular formula is C7H8BrNO. The first-order valence-corrected chi connectivity index (χ1v) is 4.24. The maximum absolute atomic E-state index is 10.9. The zero-order chi connectivity index (χ0) is 7.14. The number of amides is 1. The van der Waals surface area contributed by atoms with Crippen LogP contribution in [0, 0.1) is 0 Å². The van der Waals surface area contributed by atoms with E-state index in [1.165, 1.54) is 0 Å². The van der Waals surface area contributed by atoms with Crippen molar-refractivity contribution in [3.8, 4) is 0 Å². The maximum Gasteiger partial charge on any atom is 0.228 e. The van der Waals surface area contributed by atoms with E-state index in [-0.39, 0.29) is 5.91 Å². The second kappa shape index (κ2) is 2.09. The molecule has 2 nitrogen and oxygen atoms in total. The third-order valence-electron chi connectivity index (χ3n) is 2.09. The molecule has 2 heterocycles. The molecule has 0 aliphatic carbocycles. The Bertz CT molecular complexity index is 212. The van der Waals surface area contributed by atoms with Crippen molar-refractivity contribution in [2.75, 3.05) is 0 Å². The summed E-state index contributed by atoms with van der Waals surface area (Å²) in [6.07, 6.45) is 4.90. The molecule has 2 aliphatic rings. The van der Waals surface area contributed by atoms with Gasteiger partial charge in [-0.25, -0.2) is 0 Å². The Morgan fingerprint density at radius 3 is 3.10 bits per heavy atom. The molecule has 0 aromatic heterocycles. The standard InChI is InChI=1S/C7H8BrNO/c8-5-1-2-6-3-7(10)9(6)4-5/h4,6H,1-3H2/t6-/m1/s1. The van der Waals surface area contributed by atoms with E-state index in [1.54, 1.807) is 0 Å². The van der Waals surface area contributed by atoms with Gasteiger partial charge in [0, 0.05) is 23.1 Å². The summed E-state index contributed by atoms with van der Waals surface area (Å²) in [5, 5.41) is 0. The maximum atomic E-state index is 10.9. The molecular weight excluding hydrogens is 194 g/mol. The van der Waals surface area contributed by atoms with Crippen molar-refractivity contribution in [2.45, 2.75) is 25.3 Å². The molecule has 0 unspecified atom stereocenters. The number of carbonyl (C=O) groups is 1. The first-order valence-electron chi connectivity index (χ1n) is 3.45. The van der Waals surface area contributed by atoms with Gasteiger partial charge in [-0.15, -0.1) is 0 Å². The zero-order valence-corrected chi connectivity index (χ0v) is 7.10. The highest BCUT2D eigenvalue weighted by Crippen LogP contribution is 2.32. The Morgan fingerprint density at radius 2 is 2.50 bits per heavy atom. The average molecular weight is 202 g/mol. The molecule has 0 saturated carbocycles. The molecule has 0 bridgehead atoms. The minimum atomic E-state index is 0.265. The number of fused-ring (bicyclic) bond motifs is 1. The highest BCUT2D eigenvalue weighted by atomic mass is 79.9. The Kier molecular flexibility index (Phi) is 1.34. The summed E-state index contributed by atoms with van der Waals surface area (Å²) >= 11 is 3.38. The first-order chi connectivity index (χ1) is 4.77. The van der Waals surface area contributed by atoms with Crippen molar-refractivity contribution in [1.29, 1.82) is 0 Å². The largest absolute Gasteiger partial charge is 0.315 e. The van der Waals surface area contributed by atoms with E-state index in [2.05, 4.69) is 15.9 Å². The Balaban J connectivity index is 2.18. The predicted octanol–water partition coefficient (Wildman–Crippen LogP) is 1.62. The first kappa shape index (κ1) is 6.40. The summed E-state index contributed by atoms with van der Waals surface area (Å²) in [6.45, 7) is 0. The Hall–Kier alpha value is -0.310. The molecule has 2 rings (SSSR count). The molecule has 1 atom stereocenters. The third kappa shape index (κ3) is 0.804. The van der Waals surface area contributed by atoms with Gasteiger partial charge in [-0.3, -0.25) is 4.79 Å². The lowest BCUT2D eigenvalue weighted by molar-refractivity contribution is -0.142. The van der Waals surface area contributed by atoms with Crippen LogP contribution in [0.4, 0.5) is 0 Å². The van der Waals surface area contributed by atoms with Crippen LogP contribution < -0.4 is 0 Å². The summed E-state index contributed by atoms with van der Waals surface area (Å²) in [5.74, 6) is 0.265. The van der Waals surface area contributed by atoms with Crippen molar-refractivity contribution >= 4 is 21.8 Å². The van der Waals surface area contributed by atoms with Crippen molar-refractivity contribution in [3.05, 3.63) is 10.7 Å². The predicted molar refractivity (Wildman–Crippen MR) is 41.5 cm³/mol. The highest BCUT2D eigenvalue weighted by Gasteiger charge is 2.36. The number of allylic oxidation sites excluding steroid dienone is 1. The molecule has 1 saturated heterocycles. The van der Waals surface area contributed by atoms with Gasteiger partial charge in [0.1, 0.15) is 0 Å². The van der Waals surface area contributed by atoms with E-state index in [0.717, 1.165) is 23.7 Å². The number of carbonyl (C=O) groups excluding carboxylic acids is 1. The van der Waals surface area contributed by atoms with Gasteiger partial charge in [0.2, 0.25) is 5.91 Å². The van der Waals surface area contributed by atoms with Crippen LogP contribution in [-0.2, 0) is 4.79 Å². The third-order valence-corrected chi connectivity index (χ3v) is 2.69. The molecule has 1 amide bonds. The van der Waals surface area contributed by atoms with Crippen molar-refractivity contribution in [1.82, 2.24) is 4.90 Å². The highest BCUT2D eigenvalue weighted by molar-refractivity contribution is 9.11. The van der Waals surface area contributed by atoms with Crippen LogP contribution in [0.2, 0.25) is 0 Å². The Labute approximate surface area is 68.0 Å². The number of rotatable bonds is 0. The average Bonchev–Trinajstić information content (AvgIpc) is 1.92. The number of nitrogens with zero attached hydrogens (tertiary/aromatic N) is 1. The van der Waals surface area contributed by atoms with Gasteiger partial charge in [0.15, 0.2) is 0 Å². The smallest absolute Gasteiger partial charge is 0.228 e. The van der Waals surface area contributed by atoms with E-state index >= 15 is 0 Å². The van der Waals surface area contributed by atoms with Crippen LogP contribution in [0.1, 0.15) is 19.3 Å². The summed E-state index contributed by atoms with van der Waals surface area (Å²) in [6, 6.07) is 0.522. The second-order valence-corrected chi connectivity index (χ2v) is 3.79. The van der Waals surface area contributed by atoms with Crippen molar-refractivity contribution in [2.24, 2.45) is 0 Å². The normalized spacial score (nSPS) is 30.9. The molecule has 0 spiro atoms. The lowest BCUT2D eigenvalue weighted by atomic mass is 9.95. The van der Waals surface area contributed by atoms with Gasteiger partial charge in [-0.1, -0.05) is 15.9 Å². The fourth-order valence-electron chi connectivity index (χ4n) is 1.44.